The van der Waals surface area contributed by atoms with Crippen LogP contribution in [0.5, 0.6) is 0 Å². The van der Waals surface area contributed by atoms with Crippen molar-refractivity contribution in [3.8, 4) is 0 Å². The van der Waals surface area contributed by atoms with Gasteiger partial charge in [-0.3, -0.25) is 4.79 Å². The average Bonchev–Trinajstić information content (AvgIpc) is 3.40. The average molecular weight is 475 g/mol. The normalized spacial score (nSPS) is 17.2. The number of ether oxygens (including phenoxy) is 1. The van der Waals surface area contributed by atoms with E-state index in [4.69, 9.17) is 10.5 Å². The molecule has 2 aromatic heterocycles. The summed E-state index contributed by atoms with van der Waals surface area (Å²) in [4.78, 5) is 17.7. The van der Waals surface area contributed by atoms with Gasteiger partial charge >= 0.3 is 0 Å². The molecule has 0 amide bonds. The smallest absolute Gasteiger partial charge is 0.195 e. The molecule has 0 spiro atoms. The van der Waals surface area contributed by atoms with E-state index in [1.807, 2.05) is 0 Å². The summed E-state index contributed by atoms with van der Waals surface area (Å²) < 4.78 is 23.5. The molecule has 1 aliphatic heterocycles. The second-order valence-corrected chi connectivity index (χ2v) is 8.68. The van der Waals surface area contributed by atoms with Gasteiger partial charge in [0.25, 0.3) is 0 Å². The third-order valence-electron chi connectivity index (χ3n) is 5.19. The lowest BCUT2D eigenvalue weighted by atomic mass is 9.98. The number of carbonyl (C=O) groups excluding carboxylic acids is 1. The van der Waals surface area contributed by atoms with Crippen LogP contribution in [0.3, 0.4) is 0 Å². The Hall–Kier alpha value is -2.36. The molecule has 1 aliphatic rings. The number of nitrogens with zero attached hydrogens (tertiary/aromatic N) is 3. The molecule has 1 saturated heterocycles. The van der Waals surface area contributed by atoms with Gasteiger partial charge in [-0.1, -0.05) is 0 Å². The van der Waals surface area contributed by atoms with Crippen LogP contribution in [0.25, 0.3) is 21.1 Å². The van der Waals surface area contributed by atoms with Crippen LogP contribution in [-0.4, -0.2) is 27.2 Å². The third-order valence-corrected chi connectivity index (χ3v) is 6.93. The van der Waals surface area contributed by atoms with Gasteiger partial charge in [0.05, 0.1) is 15.9 Å². The first-order valence-electron chi connectivity index (χ1n) is 9.19. The lowest BCUT2D eigenvalue weighted by Crippen LogP contribution is -2.18. The number of aromatic nitrogens is 3. The second kappa shape index (κ2) is 7.16. The number of hydrogen-bond donors (Lipinski definition) is 1. The van der Waals surface area contributed by atoms with Crippen molar-refractivity contribution in [2.45, 2.75) is 25.5 Å². The van der Waals surface area contributed by atoms with Crippen molar-refractivity contribution in [1.29, 1.82) is 0 Å². The molecule has 1 atom stereocenters. The van der Waals surface area contributed by atoms with Gasteiger partial charge in [0.2, 0.25) is 0 Å². The molecule has 148 valence electrons. The predicted molar refractivity (Wildman–Crippen MR) is 114 cm³/mol. The van der Waals surface area contributed by atoms with Crippen molar-refractivity contribution >= 4 is 59.9 Å². The number of anilines is 1. The fraction of sp³-hybridized carbons (Fsp3) is 0.250. The maximum absolute atomic E-state index is 14.5. The molecule has 3 heterocycles. The van der Waals surface area contributed by atoms with Crippen LogP contribution in [0.2, 0.25) is 0 Å². The first kappa shape index (κ1) is 18.7. The zero-order chi connectivity index (χ0) is 20.1. The van der Waals surface area contributed by atoms with Crippen molar-refractivity contribution < 1.29 is 13.9 Å². The molecule has 1 unspecified atom stereocenters. The number of nitrogens with two attached hydrogens (primary N) is 1. The van der Waals surface area contributed by atoms with Gasteiger partial charge in [-0.25, -0.2) is 14.1 Å². The molecule has 29 heavy (non-hydrogen) atoms. The van der Waals surface area contributed by atoms with Gasteiger partial charge < -0.3 is 10.5 Å². The van der Waals surface area contributed by atoms with Crippen LogP contribution in [0.15, 0.2) is 34.4 Å². The van der Waals surface area contributed by atoms with Gasteiger partial charge in [-0.2, -0.15) is 5.10 Å². The zero-order valence-corrected chi connectivity index (χ0v) is 17.6. The van der Waals surface area contributed by atoms with Crippen molar-refractivity contribution in [2.75, 3.05) is 12.3 Å². The largest absolute Gasteiger partial charge is 0.396 e. The molecule has 4 aromatic rings. The molecule has 6 nitrogen and oxygen atoms in total. The van der Waals surface area contributed by atoms with Crippen LogP contribution in [0.1, 0.15) is 41.4 Å². The molecule has 0 bridgehead atoms. The quantitative estimate of drug-likeness (QED) is 0.331. The molecule has 0 saturated carbocycles. The van der Waals surface area contributed by atoms with E-state index in [-0.39, 0.29) is 17.5 Å². The van der Waals surface area contributed by atoms with Crippen LogP contribution in [0, 0.1) is 5.82 Å². The van der Waals surface area contributed by atoms with Crippen molar-refractivity contribution in [2.24, 2.45) is 0 Å². The monoisotopic (exact) mass is 474 g/mol. The van der Waals surface area contributed by atoms with Crippen LogP contribution in [0.4, 0.5) is 10.1 Å². The fourth-order valence-electron chi connectivity index (χ4n) is 3.71. The topological polar surface area (TPSA) is 83.0 Å². The van der Waals surface area contributed by atoms with Gasteiger partial charge in [0.1, 0.15) is 17.3 Å². The Balaban J connectivity index is 1.65. The highest BCUT2D eigenvalue weighted by Gasteiger charge is 2.24. The number of nitrogen functional groups attached to an aromatic ring is 1. The Morgan fingerprint density at radius 3 is 2.97 bits per heavy atom. The summed E-state index contributed by atoms with van der Waals surface area (Å²) in [6.45, 7) is 0.646. The maximum Gasteiger partial charge on any atom is 0.195 e. The number of halogens is 2. The molecule has 2 aromatic carbocycles. The molecule has 1 fully saturated rings. The molecule has 0 radical (unpaired) electrons. The summed E-state index contributed by atoms with van der Waals surface area (Å²) in [6, 6.07) is 4.44. The van der Waals surface area contributed by atoms with Gasteiger partial charge in [0, 0.05) is 33.8 Å². The fourth-order valence-corrected chi connectivity index (χ4v) is 5.11. The second-order valence-electron chi connectivity index (χ2n) is 6.97. The lowest BCUT2D eigenvalue weighted by Gasteiger charge is -2.22. The van der Waals surface area contributed by atoms with E-state index in [2.05, 4.69) is 26.0 Å². The number of hydrogen-bond acceptors (Lipinski definition) is 6. The molecule has 9 heteroatoms. The molecule has 5 rings (SSSR count). The molecular formula is C20H16BrFN4O2S. The van der Waals surface area contributed by atoms with Gasteiger partial charge in [-0.05, 0) is 53.4 Å². The number of ketones is 1. The minimum atomic E-state index is -0.477. The summed E-state index contributed by atoms with van der Waals surface area (Å²) in [5, 5.41) is 4.81. The van der Waals surface area contributed by atoms with E-state index in [0.29, 0.717) is 34.3 Å². The van der Waals surface area contributed by atoms with Crippen LogP contribution >= 0.6 is 27.3 Å². The Kier molecular flexibility index (Phi) is 4.60. The SMILES string of the molecule is Nc1c(C(=O)c2ccc(F)c3nn(C4CCCCO4)cc23)cc(Br)c2scnc12. The summed E-state index contributed by atoms with van der Waals surface area (Å²) in [6.07, 6.45) is 4.27. The first-order chi connectivity index (χ1) is 14.0. The Labute approximate surface area is 177 Å². The van der Waals surface area contributed by atoms with Crippen molar-refractivity contribution in [3.05, 3.63) is 51.3 Å². The highest BCUT2D eigenvalue weighted by atomic mass is 79.9. The van der Waals surface area contributed by atoms with E-state index in [1.165, 1.54) is 23.5 Å². The van der Waals surface area contributed by atoms with Crippen molar-refractivity contribution in [3.63, 3.8) is 0 Å². The predicted octanol–water partition coefficient (Wildman–Crippen LogP) is 5.06. The Morgan fingerprint density at radius 1 is 1.31 bits per heavy atom. The van der Waals surface area contributed by atoms with E-state index in [9.17, 15) is 9.18 Å². The van der Waals surface area contributed by atoms with Crippen LogP contribution < -0.4 is 5.73 Å². The maximum atomic E-state index is 14.5. The minimum absolute atomic E-state index is 0.150. The summed E-state index contributed by atoms with van der Waals surface area (Å²) in [7, 11) is 0. The standard InChI is InChI=1S/C20H16BrFN4O2S/c21-13-7-11(16(23)18-20(13)29-9-24-18)19(27)10-4-5-14(22)17-12(10)8-26(25-17)15-3-1-2-6-28-15/h4-5,7-9,15H,1-3,6,23H2. The third kappa shape index (κ3) is 3.04. The Bertz CT molecular complexity index is 1260. The highest BCUT2D eigenvalue weighted by molar-refractivity contribution is 9.10. The number of rotatable bonds is 3. The number of fused-ring (bicyclic) bond motifs is 2. The highest BCUT2D eigenvalue weighted by Crippen LogP contribution is 2.36. The summed E-state index contributed by atoms with van der Waals surface area (Å²) >= 11 is 4.93. The number of benzene rings is 2. The van der Waals surface area contributed by atoms with E-state index < -0.39 is 5.82 Å². The van der Waals surface area contributed by atoms with E-state index in [1.54, 1.807) is 22.5 Å². The lowest BCUT2D eigenvalue weighted by molar-refractivity contribution is -0.0391. The number of thiazole rings is 1. The molecular weight excluding hydrogens is 459 g/mol. The van der Waals surface area contributed by atoms with E-state index in [0.717, 1.165) is 28.4 Å². The van der Waals surface area contributed by atoms with Gasteiger partial charge in [0.15, 0.2) is 11.6 Å². The van der Waals surface area contributed by atoms with Crippen molar-refractivity contribution in [1.82, 2.24) is 14.8 Å². The summed E-state index contributed by atoms with van der Waals surface area (Å²) in [5.74, 6) is -0.776. The zero-order valence-electron chi connectivity index (χ0n) is 15.2. The first-order valence-corrected chi connectivity index (χ1v) is 10.9. The molecule has 0 aliphatic carbocycles. The minimum Gasteiger partial charge on any atom is -0.396 e. The van der Waals surface area contributed by atoms with Gasteiger partial charge in [-0.15, -0.1) is 11.3 Å². The number of carbonyl (C=O) groups is 1. The van der Waals surface area contributed by atoms with Crippen LogP contribution in [-0.2, 0) is 4.74 Å². The molecule has 2 N–H and O–H groups in total. The summed E-state index contributed by atoms with van der Waals surface area (Å²) in [5.41, 5.74) is 9.65. The Morgan fingerprint density at radius 2 is 2.17 bits per heavy atom. The van der Waals surface area contributed by atoms with E-state index >= 15 is 0 Å².